The van der Waals surface area contributed by atoms with Gasteiger partial charge in [-0.3, -0.25) is 28.8 Å². The second-order valence-electron chi connectivity index (χ2n) is 11.6. The van der Waals surface area contributed by atoms with Crippen LogP contribution in [0.3, 0.4) is 0 Å². The summed E-state index contributed by atoms with van der Waals surface area (Å²) in [5, 5.41) is 5.62. The number of benzene rings is 1. The zero-order valence-corrected chi connectivity index (χ0v) is 22.6. The molecule has 3 amide bonds. The van der Waals surface area contributed by atoms with Crippen LogP contribution in [-0.2, 0) is 26.2 Å². The first-order valence-electron chi connectivity index (χ1n) is 13.2. The number of carbonyl (C=O) groups is 4. The van der Waals surface area contributed by atoms with Crippen molar-refractivity contribution in [3.63, 3.8) is 0 Å². The number of nitrogens with one attached hydrogen (secondary N) is 2. The first kappa shape index (κ1) is 26.7. The van der Waals surface area contributed by atoms with E-state index < -0.39 is 29.1 Å². The van der Waals surface area contributed by atoms with Crippen molar-refractivity contribution in [2.75, 3.05) is 19.6 Å². The van der Waals surface area contributed by atoms with Gasteiger partial charge in [-0.2, -0.15) is 0 Å². The molecule has 2 aromatic rings. The number of nitrogens with zero attached hydrogens (tertiary/aromatic N) is 3. The molecule has 39 heavy (non-hydrogen) atoms. The van der Waals surface area contributed by atoms with Gasteiger partial charge in [0.15, 0.2) is 0 Å². The number of imide groups is 1. The van der Waals surface area contributed by atoms with E-state index in [2.05, 4.69) is 22.5 Å². The first-order valence-corrected chi connectivity index (χ1v) is 13.2. The van der Waals surface area contributed by atoms with Crippen LogP contribution in [0.4, 0.5) is 4.79 Å². The molecule has 3 fully saturated rings. The molecule has 3 unspecified atom stereocenters. The van der Waals surface area contributed by atoms with Gasteiger partial charge in [0.1, 0.15) is 17.4 Å². The van der Waals surface area contributed by atoms with Gasteiger partial charge in [-0.15, -0.1) is 0 Å². The van der Waals surface area contributed by atoms with E-state index in [0.29, 0.717) is 49.1 Å². The van der Waals surface area contributed by atoms with Crippen molar-refractivity contribution in [3.8, 4) is 11.8 Å². The summed E-state index contributed by atoms with van der Waals surface area (Å²) in [6.07, 6.45) is 0.750. The maximum Gasteiger partial charge on any atom is 0.410 e. The largest absolute Gasteiger partial charge is 0.444 e. The Kier molecular flexibility index (Phi) is 6.63. The smallest absolute Gasteiger partial charge is 0.410 e. The number of aryl methyl sites for hydroxylation is 1. The average molecular weight is 536 g/mol. The minimum absolute atomic E-state index is 0.138. The molecule has 1 aromatic heterocycles. The molecular weight excluding hydrogens is 502 g/mol. The SMILES string of the molecule is Cn1c(=O)n(C2CCC(=O)NC2=O)c2ccc(C#CCC3NCC34CN(C(=O)OC(C)(C)C)CCC4=O)cc21. The monoisotopic (exact) mass is 535 g/mol. The van der Waals surface area contributed by atoms with Crippen molar-refractivity contribution in [3.05, 3.63) is 34.2 Å². The lowest BCUT2D eigenvalue weighted by Crippen LogP contribution is -2.72. The van der Waals surface area contributed by atoms with Crippen molar-refractivity contribution in [1.82, 2.24) is 24.7 Å². The summed E-state index contributed by atoms with van der Waals surface area (Å²) in [6.45, 7) is 6.61. The van der Waals surface area contributed by atoms with Crippen LogP contribution in [0.15, 0.2) is 23.0 Å². The second-order valence-corrected chi connectivity index (χ2v) is 11.6. The van der Waals surface area contributed by atoms with Gasteiger partial charge in [-0.05, 0) is 45.4 Å². The molecule has 2 N–H and O–H groups in total. The number of Topliss-reactive ketones (excluding diaryl/α,β-unsaturated/α-hetero) is 1. The Balaban J connectivity index is 1.32. The predicted molar refractivity (Wildman–Crippen MR) is 142 cm³/mol. The van der Waals surface area contributed by atoms with Crippen LogP contribution in [0, 0.1) is 17.3 Å². The predicted octanol–water partition coefficient (Wildman–Crippen LogP) is 1.23. The molecule has 3 aliphatic rings. The molecule has 0 saturated carbocycles. The minimum Gasteiger partial charge on any atom is -0.444 e. The lowest BCUT2D eigenvalue weighted by atomic mass is 9.66. The summed E-state index contributed by atoms with van der Waals surface area (Å²) >= 11 is 0. The number of carbonyl (C=O) groups excluding carboxylic acids is 4. The van der Waals surface area contributed by atoms with Crippen LogP contribution in [-0.4, -0.2) is 69.0 Å². The number of ketones is 1. The van der Waals surface area contributed by atoms with Gasteiger partial charge in [0.2, 0.25) is 11.8 Å². The molecule has 1 aromatic carbocycles. The van der Waals surface area contributed by atoms with Gasteiger partial charge in [0.25, 0.3) is 0 Å². The summed E-state index contributed by atoms with van der Waals surface area (Å²) in [4.78, 5) is 64.1. The fourth-order valence-electron chi connectivity index (χ4n) is 5.62. The third-order valence-electron chi connectivity index (χ3n) is 7.77. The van der Waals surface area contributed by atoms with Crippen LogP contribution in [0.1, 0.15) is 58.1 Å². The van der Waals surface area contributed by atoms with Crippen molar-refractivity contribution >= 4 is 34.7 Å². The van der Waals surface area contributed by atoms with E-state index in [-0.39, 0.29) is 36.3 Å². The maximum absolute atomic E-state index is 13.0. The van der Waals surface area contributed by atoms with E-state index in [0.717, 1.165) is 0 Å². The van der Waals surface area contributed by atoms with Crippen LogP contribution in [0.5, 0.6) is 0 Å². The normalized spacial score (nSPS) is 25.2. The molecule has 5 rings (SSSR count). The van der Waals surface area contributed by atoms with Gasteiger partial charge in [-0.25, -0.2) is 9.59 Å². The van der Waals surface area contributed by atoms with Crippen LogP contribution >= 0.6 is 0 Å². The Morgan fingerprint density at radius 2 is 1.92 bits per heavy atom. The highest BCUT2D eigenvalue weighted by molar-refractivity contribution is 6.00. The zero-order valence-electron chi connectivity index (χ0n) is 22.6. The lowest BCUT2D eigenvalue weighted by Gasteiger charge is -2.53. The van der Waals surface area contributed by atoms with E-state index in [1.54, 1.807) is 30.1 Å². The molecule has 11 nitrogen and oxygen atoms in total. The number of ether oxygens (including phenoxy) is 1. The summed E-state index contributed by atoms with van der Waals surface area (Å²) in [5.74, 6) is 5.62. The number of fused-ring (bicyclic) bond motifs is 1. The molecule has 3 aliphatic heterocycles. The van der Waals surface area contributed by atoms with E-state index >= 15 is 0 Å². The lowest BCUT2D eigenvalue weighted by molar-refractivity contribution is -0.141. The molecule has 11 heteroatoms. The molecule has 3 saturated heterocycles. The maximum atomic E-state index is 13.0. The molecule has 0 radical (unpaired) electrons. The highest BCUT2D eigenvalue weighted by Gasteiger charge is 2.55. The third-order valence-corrected chi connectivity index (χ3v) is 7.77. The third kappa shape index (κ3) is 4.85. The standard InChI is InChI=1S/C28H33N5O6/c1-27(2,3)39-26(38)32-13-12-22(34)28(16-32)15-29-21(28)7-5-6-17-8-9-18-20(14-17)31(4)25(37)33(18)19-10-11-23(35)30-24(19)36/h8-9,14,19,21,29H,7,10-13,15-16H2,1-4H3,(H,30,35,36). The summed E-state index contributed by atoms with van der Waals surface area (Å²) in [7, 11) is 1.64. The van der Waals surface area contributed by atoms with Gasteiger partial charge in [-0.1, -0.05) is 11.8 Å². The van der Waals surface area contributed by atoms with Crippen molar-refractivity contribution in [1.29, 1.82) is 0 Å². The Morgan fingerprint density at radius 3 is 2.59 bits per heavy atom. The van der Waals surface area contributed by atoms with Crippen LogP contribution < -0.4 is 16.3 Å². The van der Waals surface area contributed by atoms with E-state index in [4.69, 9.17) is 4.74 Å². The van der Waals surface area contributed by atoms with Crippen molar-refractivity contribution in [2.45, 2.75) is 64.1 Å². The number of amides is 3. The topological polar surface area (TPSA) is 132 Å². The molecule has 1 spiro atoms. The van der Waals surface area contributed by atoms with Crippen LogP contribution in [0.25, 0.3) is 11.0 Å². The Hall–Kier alpha value is -3.91. The highest BCUT2D eigenvalue weighted by Crippen LogP contribution is 2.38. The Bertz CT molecular complexity index is 1500. The zero-order chi connectivity index (χ0) is 28.1. The van der Waals surface area contributed by atoms with E-state index in [1.807, 2.05) is 20.8 Å². The van der Waals surface area contributed by atoms with Gasteiger partial charge >= 0.3 is 11.8 Å². The Morgan fingerprint density at radius 1 is 1.15 bits per heavy atom. The summed E-state index contributed by atoms with van der Waals surface area (Å²) in [5.41, 5.74) is 0.300. The van der Waals surface area contributed by atoms with Crippen molar-refractivity contribution < 1.29 is 23.9 Å². The average Bonchev–Trinajstić information content (AvgIpc) is 3.10. The summed E-state index contributed by atoms with van der Waals surface area (Å²) < 4.78 is 8.42. The fourth-order valence-corrected chi connectivity index (χ4v) is 5.62. The number of piperidine rings is 2. The number of hydrogen-bond donors (Lipinski definition) is 2. The summed E-state index contributed by atoms with van der Waals surface area (Å²) in [6, 6.07) is 4.43. The fraction of sp³-hybridized carbons (Fsp3) is 0.536. The molecular formula is C28H33N5O6. The number of aromatic nitrogens is 2. The molecule has 3 atom stereocenters. The molecule has 4 heterocycles. The second kappa shape index (κ2) is 9.68. The van der Waals surface area contributed by atoms with Gasteiger partial charge < -0.3 is 15.0 Å². The van der Waals surface area contributed by atoms with E-state index in [9.17, 15) is 24.0 Å². The molecule has 206 valence electrons. The number of likely N-dealkylation sites (tertiary alicyclic amines) is 1. The van der Waals surface area contributed by atoms with Gasteiger partial charge in [0.05, 0.1) is 16.4 Å². The van der Waals surface area contributed by atoms with Gasteiger partial charge in [0, 0.05) is 57.5 Å². The Labute approximate surface area is 225 Å². The van der Waals surface area contributed by atoms with Crippen LogP contribution in [0.2, 0.25) is 0 Å². The number of rotatable bonds is 2. The van der Waals surface area contributed by atoms with E-state index in [1.165, 1.54) is 9.13 Å². The molecule has 0 bridgehead atoms. The first-order chi connectivity index (χ1) is 18.4. The number of hydrogen-bond acceptors (Lipinski definition) is 7. The van der Waals surface area contributed by atoms with Crippen molar-refractivity contribution in [2.24, 2.45) is 12.5 Å². The molecule has 0 aliphatic carbocycles. The number of imidazole rings is 1. The highest BCUT2D eigenvalue weighted by atomic mass is 16.6. The quantitative estimate of drug-likeness (QED) is 0.437. The minimum atomic E-state index is -0.745.